The Morgan fingerprint density at radius 3 is 2.53 bits per heavy atom. The fraction of sp³-hybridized carbons (Fsp3) is 0.0667. The number of hydrogen-bond donors (Lipinski definition) is 0. The number of hydrogen-bond acceptors (Lipinski definition) is 3. The number of rotatable bonds is 2. The lowest BCUT2D eigenvalue weighted by Crippen LogP contribution is -2.11. The second kappa shape index (κ2) is 5.56. The third kappa shape index (κ3) is 2.76. The van der Waals surface area contributed by atoms with E-state index in [9.17, 15) is 0 Å². The second-order valence-electron chi connectivity index (χ2n) is 3.99. The number of halogens is 1. The zero-order valence-electron chi connectivity index (χ0n) is 10.3. The van der Waals surface area contributed by atoms with Crippen LogP contribution in [0, 0.1) is 22.7 Å². The van der Waals surface area contributed by atoms with Crippen LogP contribution in [0.1, 0.15) is 11.1 Å². The third-order valence-electron chi connectivity index (χ3n) is 2.80. The molecule has 0 amide bonds. The Balaban J connectivity index is 2.50. The van der Waals surface area contributed by atoms with Gasteiger partial charge in [0, 0.05) is 17.2 Å². The van der Waals surface area contributed by atoms with Gasteiger partial charge in [-0.15, -0.1) is 0 Å². The topological polar surface area (TPSA) is 50.8 Å². The third-order valence-corrected chi connectivity index (χ3v) is 3.30. The van der Waals surface area contributed by atoms with Crippen molar-refractivity contribution in [2.75, 3.05) is 11.9 Å². The molecule has 0 saturated heterocycles. The number of anilines is 2. The van der Waals surface area contributed by atoms with Gasteiger partial charge in [0.25, 0.3) is 0 Å². The van der Waals surface area contributed by atoms with E-state index < -0.39 is 0 Å². The number of nitriles is 2. The van der Waals surface area contributed by atoms with E-state index in [-0.39, 0.29) is 0 Å². The van der Waals surface area contributed by atoms with Crippen LogP contribution in [-0.4, -0.2) is 7.05 Å². The highest BCUT2D eigenvalue weighted by atomic mass is 79.9. The zero-order chi connectivity index (χ0) is 13.8. The summed E-state index contributed by atoms with van der Waals surface area (Å²) < 4.78 is 0.907. The van der Waals surface area contributed by atoms with Crippen molar-refractivity contribution in [3.8, 4) is 12.1 Å². The van der Waals surface area contributed by atoms with E-state index in [0.717, 1.165) is 15.8 Å². The molecule has 0 aliphatic rings. The van der Waals surface area contributed by atoms with Crippen LogP contribution >= 0.6 is 15.9 Å². The molecule has 0 N–H and O–H groups in total. The first-order chi connectivity index (χ1) is 9.15. The Bertz CT molecular complexity index is 695. The molecule has 2 aromatic rings. The first-order valence-electron chi connectivity index (χ1n) is 5.59. The van der Waals surface area contributed by atoms with Gasteiger partial charge in [0.1, 0.15) is 6.07 Å². The van der Waals surface area contributed by atoms with Gasteiger partial charge in [-0.05, 0) is 36.4 Å². The molecule has 0 aromatic heterocycles. The van der Waals surface area contributed by atoms with Crippen molar-refractivity contribution in [2.24, 2.45) is 0 Å². The number of nitrogens with zero attached hydrogens (tertiary/aromatic N) is 3. The molecule has 4 heteroatoms. The van der Waals surface area contributed by atoms with Crippen molar-refractivity contribution in [2.45, 2.75) is 0 Å². The van der Waals surface area contributed by atoms with Crippen LogP contribution in [0.2, 0.25) is 0 Å². The van der Waals surface area contributed by atoms with Crippen molar-refractivity contribution in [3.63, 3.8) is 0 Å². The maximum atomic E-state index is 9.16. The summed E-state index contributed by atoms with van der Waals surface area (Å²) in [5.74, 6) is 0. The van der Waals surface area contributed by atoms with Crippen LogP contribution in [0.4, 0.5) is 11.4 Å². The predicted octanol–water partition coefficient (Wildman–Crippen LogP) is 3.96. The molecule has 0 radical (unpaired) electrons. The summed E-state index contributed by atoms with van der Waals surface area (Å²) in [5, 5.41) is 18.1. The summed E-state index contributed by atoms with van der Waals surface area (Å²) in [7, 11) is 1.87. The van der Waals surface area contributed by atoms with Crippen molar-refractivity contribution >= 4 is 27.3 Å². The van der Waals surface area contributed by atoms with E-state index >= 15 is 0 Å². The molecule has 0 bridgehead atoms. The smallest absolute Gasteiger partial charge is 0.101 e. The van der Waals surface area contributed by atoms with Gasteiger partial charge in [-0.3, -0.25) is 0 Å². The summed E-state index contributed by atoms with van der Waals surface area (Å²) in [4.78, 5) is 1.89. The molecule has 3 nitrogen and oxygen atoms in total. The van der Waals surface area contributed by atoms with Gasteiger partial charge in [0.05, 0.1) is 22.9 Å². The molecule has 0 atom stereocenters. The normalized spacial score (nSPS) is 9.47. The molecule has 0 heterocycles. The highest BCUT2D eigenvalue weighted by Crippen LogP contribution is 2.29. The quantitative estimate of drug-likeness (QED) is 0.843. The molecule has 0 fully saturated rings. The molecule has 92 valence electrons. The summed E-state index contributed by atoms with van der Waals surface area (Å²) in [6.45, 7) is 0. The van der Waals surface area contributed by atoms with E-state index in [4.69, 9.17) is 10.5 Å². The largest absolute Gasteiger partial charge is 0.343 e. The van der Waals surface area contributed by atoms with E-state index in [1.165, 1.54) is 0 Å². The van der Waals surface area contributed by atoms with Gasteiger partial charge < -0.3 is 4.90 Å². The van der Waals surface area contributed by atoms with Crippen molar-refractivity contribution < 1.29 is 0 Å². The van der Waals surface area contributed by atoms with E-state index in [1.807, 2.05) is 36.2 Å². The van der Waals surface area contributed by atoms with Crippen molar-refractivity contribution in [1.82, 2.24) is 0 Å². The minimum atomic E-state index is 0.591. The monoisotopic (exact) mass is 311 g/mol. The zero-order valence-corrected chi connectivity index (χ0v) is 11.8. The fourth-order valence-electron chi connectivity index (χ4n) is 1.80. The highest BCUT2D eigenvalue weighted by molar-refractivity contribution is 9.10. The Morgan fingerprint density at radius 2 is 1.84 bits per heavy atom. The molecule has 0 unspecified atom stereocenters. The lowest BCUT2D eigenvalue weighted by Gasteiger charge is -2.21. The Kier molecular flexibility index (Phi) is 3.85. The van der Waals surface area contributed by atoms with E-state index in [1.54, 1.807) is 18.2 Å². The van der Waals surface area contributed by atoms with Crippen molar-refractivity contribution in [3.05, 3.63) is 58.1 Å². The summed E-state index contributed by atoms with van der Waals surface area (Å²) in [5.41, 5.74) is 2.85. The first-order valence-corrected chi connectivity index (χ1v) is 6.38. The maximum absolute atomic E-state index is 9.16. The van der Waals surface area contributed by atoms with Crippen LogP contribution in [-0.2, 0) is 0 Å². The van der Waals surface area contributed by atoms with E-state index in [0.29, 0.717) is 11.1 Å². The van der Waals surface area contributed by atoms with Gasteiger partial charge in [0.15, 0.2) is 0 Å². The van der Waals surface area contributed by atoms with Crippen LogP contribution in [0.15, 0.2) is 46.9 Å². The summed E-state index contributed by atoms with van der Waals surface area (Å²) in [6, 6.07) is 17.1. The predicted molar refractivity (Wildman–Crippen MR) is 78.1 cm³/mol. The Morgan fingerprint density at radius 1 is 1.05 bits per heavy atom. The minimum Gasteiger partial charge on any atom is -0.343 e. The lowest BCUT2D eigenvalue weighted by atomic mass is 10.1. The molecule has 0 spiro atoms. The Labute approximate surface area is 120 Å². The first kappa shape index (κ1) is 13.1. The fourth-order valence-corrected chi connectivity index (χ4v) is 2.15. The van der Waals surface area contributed by atoms with Crippen LogP contribution in [0.3, 0.4) is 0 Å². The Hall–Kier alpha value is -2.30. The molecule has 2 aromatic carbocycles. The van der Waals surface area contributed by atoms with Crippen LogP contribution in [0.5, 0.6) is 0 Å². The molecular weight excluding hydrogens is 302 g/mol. The summed E-state index contributed by atoms with van der Waals surface area (Å²) in [6.07, 6.45) is 0. The summed E-state index contributed by atoms with van der Waals surface area (Å²) >= 11 is 3.41. The molecule has 0 aliphatic carbocycles. The average Bonchev–Trinajstić information content (AvgIpc) is 2.46. The van der Waals surface area contributed by atoms with Gasteiger partial charge in [-0.25, -0.2) is 0 Å². The number of benzene rings is 2. The highest BCUT2D eigenvalue weighted by Gasteiger charge is 2.10. The van der Waals surface area contributed by atoms with Crippen LogP contribution < -0.4 is 4.90 Å². The minimum absolute atomic E-state index is 0.591. The van der Waals surface area contributed by atoms with Gasteiger partial charge in [0.2, 0.25) is 0 Å². The van der Waals surface area contributed by atoms with Gasteiger partial charge in [-0.2, -0.15) is 10.5 Å². The van der Waals surface area contributed by atoms with Crippen LogP contribution in [0.25, 0.3) is 0 Å². The molecule has 0 saturated carbocycles. The van der Waals surface area contributed by atoms with E-state index in [2.05, 4.69) is 28.1 Å². The second-order valence-corrected chi connectivity index (χ2v) is 4.91. The molecule has 19 heavy (non-hydrogen) atoms. The molecule has 2 rings (SSSR count). The maximum Gasteiger partial charge on any atom is 0.101 e. The van der Waals surface area contributed by atoms with Gasteiger partial charge >= 0.3 is 0 Å². The average molecular weight is 312 g/mol. The lowest BCUT2D eigenvalue weighted by molar-refractivity contribution is 1.19. The van der Waals surface area contributed by atoms with Gasteiger partial charge in [-0.1, -0.05) is 22.0 Å². The van der Waals surface area contributed by atoms with Crippen molar-refractivity contribution in [1.29, 1.82) is 10.5 Å². The molecule has 0 aliphatic heterocycles. The SMILES string of the molecule is CN(c1cccc(C#N)c1)c1cc(Br)ccc1C#N. The standard InChI is InChI=1S/C15H10BrN3/c1-19(14-4-2-3-11(7-14)9-17)15-8-13(16)6-5-12(15)10-18/h2-8H,1H3. The molecular formula is C15H10BrN3.